The molecule has 1 fully saturated rings. The van der Waals surface area contributed by atoms with E-state index in [4.69, 9.17) is 0 Å². The molecular weight excluding hydrogens is 292 g/mol. The fourth-order valence-electron chi connectivity index (χ4n) is 3.09. The summed E-state index contributed by atoms with van der Waals surface area (Å²) in [6.07, 6.45) is 8.79. The average Bonchev–Trinajstić information content (AvgIpc) is 3.13. The quantitative estimate of drug-likeness (QED) is 0.595. The molecule has 1 aromatic heterocycles. The van der Waals surface area contributed by atoms with Crippen molar-refractivity contribution in [2.45, 2.75) is 6.42 Å². The topological polar surface area (TPSA) is 86.9 Å². The summed E-state index contributed by atoms with van der Waals surface area (Å²) < 4.78 is 0. The third kappa shape index (κ3) is 2.24. The molecule has 6 nitrogen and oxygen atoms in total. The van der Waals surface area contributed by atoms with E-state index in [1.807, 2.05) is 36.4 Å². The number of amides is 2. The number of rotatable bonds is 3. The number of carbonyl (C=O) groups is 2. The van der Waals surface area contributed by atoms with Crippen LogP contribution in [0.4, 0.5) is 0 Å². The summed E-state index contributed by atoms with van der Waals surface area (Å²) in [6.45, 7) is 0. The van der Waals surface area contributed by atoms with Gasteiger partial charge in [0.05, 0.1) is 17.4 Å². The van der Waals surface area contributed by atoms with Gasteiger partial charge in [0.25, 0.3) is 5.91 Å². The Labute approximate surface area is 132 Å². The predicted octanol–water partition coefficient (Wildman–Crippen LogP) is 1.61. The standard InChI is InChI=1S/C17H14N4O2/c22-9-18-14-3-1-2-12-13(17(23)20-16(12)14)6-10-4-5-11-8-19-21-15(11)7-10/h1,3-9,12H,2H2,(H,18,22)(H,19,21)(H,20,23). The van der Waals surface area contributed by atoms with Gasteiger partial charge in [-0.3, -0.25) is 14.7 Å². The lowest BCUT2D eigenvalue weighted by Gasteiger charge is -2.17. The van der Waals surface area contributed by atoms with Crippen LogP contribution in [-0.4, -0.2) is 22.5 Å². The third-order valence-corrected chi connectivity index (χ3v) is 4.18. The minimum atomic E-state index is -0.122. The van der Waals surface area contributed by atoms with E-state index in [1.165, 1.54) is 0 Å². The molecule has 0 radical (unpaired) electrons. The maximum atomic E-state index is 12.3. The zero-order chi connectivity index (χ0) is 15.8. The highest BCUT2D eigenvalue weighted by atomic mass is 16.2. The van der Waals surface area contributed by atoms with Crippen LogP contribution < -0.4 is 10.6 Å². The number of aromatic amines is 1. The highest BCUT2D eigenvalue weighted by Crippen LogP contribution is 2.35. The number of H-pyrrole nitrogens is 1. The first-order chi connectivity index (χ1) is 11.3. The van der Waals surface area contributed by atoms with Gasteiger partial charge in [-0.2, -0.15) is 5.10 Å². The molecule has 114 valence electrons. The van der Waals surface area contributed by atoms with Crippen LogP contribution in [0.1, 0.15) is 12.0 Å². The number of allylic oxidation sites excluding steroid dienone is 3. The van der Waals surface area contributed by atoms with E-state index < -0.39 is 0 Å². The Morgan fingerprint density at radius 2 is 2.26 bits per heavy atom. The van der Waals surface area contributed by atoms with Crippen LogP contribution >= 0.6 is 0 Å². The van der Waals surface area contributed by atoms with Gasteiger partial charge in [-0.25, -0.2) is 0 Å². The second-order valence-corrected chi connectivity index (χ2v) is 5.55. The third-order valence-electron chi connectivity index (χ3n) is 4.18. The molecule has 2 amide bonds. The Hall–Kier alpha value is -3.15. The largest absolute Gasteiger partial charge is 0.327 e. The number of hydrogen-bond acceptors (Lipinski definition) is 3. The van der Waals surface area contributed by atoms with E-state index in [0.717, 1.165) is 28.6 Å². The number of fused-ring (bicyclic) bond motifs is 2. The summed E-state index contributed by atoms with van der Waals surface area (Å²) in [5.41, 5.74) is 3.98. The van der Waals surface area contributed by atoms with E-state index in [0.29, 0.717) is 17.7 Å². The van der Waals surface area contributed by atoms with Crippen LogP contribution in [0.15, 0.2) is 53.5 Å². The summed E-state index contributed by atoms with van der Waals surface area (Å²) in [5.74, 6) is -0.170. The molecule has 6 heteroatoms. The first-order valence-electron chi connectivity index (χ1n) is 7.33. The minimum absolute atomic E-state index is 0.0487. The lowest BCUT2D eigenvalue weighted by atomic mass is 9.90. The number of carbonyl (C=O) groups excluding carboxylic acids is 2. The molecule has 4 rings (SSSR count). The van der Waals surface area contributed by atoms with Gasteiger partial charge in [0.15, 0.2) is 0 Å². The van der Waals surface area contributed by atoms with Crippen LogP contribution in [-0.2, 0) is 9.59 Å². The summed E-state index contributed by atoms with van der Waals surface area (Å²) >= 11 is 0. The Kier molecular flexibility index (Phi) is 3.08. The van der Waals surface area contributed by atoms with Gasteiger partial charge in [-0.1, -0.05) is 18.2 Å². The average molecular weight is 306 g/mol. The van der Waals surface area contributed by atoms with Gasteiger partial charge in [-0.05, 0) is 30.2 Å². The van der Waals surface area contributed by atoms with E-state index in [2.05, 4.69) is 20.8 Å². The molecule has 23 heavy (non-hydrogen) atoms. The number of hydrogen-bond donors (Lipinski definition) is 3. The highest BCUT2D eigenvalue weighted by molar-refractivity contribution is 6.03. The Morgan fingerprint density at radius 1 is 1.35 bits per heavy atom. The van der Waals surface area contributed by atoms with Crippen molar-refractivity contribution < 1.29 is 9.59 Å². The van der Waals surface area contributed by atoms with E-state index in [-0.39, 0.29) is 11.8 Å². The highest BCUT2D eigenvalue weighted by Gasteiger charge is 2.35. The minimum Gasteiger partial charge on any atom is -0.327 e. The molecule has 3 N–H and O–H groups in total. The van der Waals surface area contributed by atoms with Gasteiger partial charge < -0.3 is 10.6 Å². The smallest absolute Gasteiger partial charge is 0.252 e. The van der Waals surface area contributed by atoms with Crippen molar-refractivity contribution >= 4 is 29.3 Å². The fourth-order valence-corrected chi connectivity index (χ4v) is 3.09. The molecule has 2 aromatic rings. The maximum absolute atomic E-state index is 12.3. The van der Waals surface area contributed by atoms with Crippen molar-refractivity contribution in [3.05, 3.63) is 59.1 Å². The van der Waals surface area contributed by atoms with Gasteiger partial charge in [-0.15, -0.1) is 0 Å². The predicted molar refractivity (Wildman–Crippen MR) is 85.7 cm³/mol. The van der Waals surface area contributed by atoms with Gasteiger partial charge in [0.1, 0.15) is 0 Å². The molecule has 0 bridgehead atoms. The fraction of sp³-hybridized carbons (Fsp3) is 0.118. The number of aromatic nitrogens is 2. The van der Waals surface area contributed by atoms with Crippen molar-refractivity contribution in [3.63, 3.8) is 0 Å². The van der Waals surface area contributed by atoms with Crippen LogP contribution in [0.5, 0.6) is 0 Å². The van der Waals surface area contributed by atoms with Gasteiger partial charge in [0.2, 0.25) is 6.41 Å². The molecule has 1 aliphatic carbocycles. The summed E-state index contributed by atoms with van der Waals surface area (Å²) in [7, 11) is 0. The lowest BCUT2D eigenvalue weighted by Crippen LogP contribution is -2.22. The van der Waals surface area contributed by atoms with Crippen molar-refractivity contribution in [2.24, 2.45) is 5.92 Å². The van der Waals surface area contributed by atoms with Crippen LogP contribution in [0.25, 0.3) is 17.0 Å². The van der Waals surface area contributed by atoms with Crippen molar-refractivity contribution in [1.29, 1.82) is 0 Å². The first kappa shape index (κ1) is 13.5. The molecule has 2 heterocycles. The molecule has 1 unspecified atom stereocenters. The lowest BCUT2D eigenvalue weighted by molar-refractivity contribution is -0.116. The number of benzene rings is 1. The summed E-state index contributed by atoms with van der Waals surface area (Å²) in [5, 5.41) is 13.5. The Morgan fingerprint density at radius 3 is 3.13 bits per heavy atom. The van der Waals surface area contributed by atoms with Gasteiger partial charge >= 0.3 is 0 Å². The van der Waals surface area contributed by atoms with Crippen molar-refractivity contribution in [1.82, 2.24) is 20.8 Å². The van der Waals surface area contributed by atoms with E-state index >= 15 is 0 Å². The van der Waals surface area contributed by atoms with Crippen LogP contribution in [0, 0.1) is 5.92 Å². The molecule has 0 spiro atoms. The summed E-state index contributed by atoms with van der Waals surface area (Å²) in [6, 6.07) is 5.89. The summed E-state index contributed by atoms with van der Waals surface area (Å²) in [4.78, 5) is 23.0. The van der Waals surface area contributed by atoms with Crippen LogP contribution in [0.3, 0.4) is 0 Å². The molecule has 2 aliphatic rings. The van der Waals surface area contributed by atoms with Crippen LogP contribution in [0.2, 0.25) is 0 Å². The monoisotopic (exact) mass is 306 g/mol. The molecule has 1 atom stereocenters. The second-order valence-electron chi connectivity index (χ2n) is 5.55. The van der Waals surface area contributed by atoms with E-state index in [9.17, 15) is 9.59 Å². The number of nitrogens with zero attached hydrogens (tertiary/aromatic N) is 1. The molecule has 1 saturated heterocycles. The Bertz CT molecular complexity index is 904. The van der Waals surface area contributed by atoms with Gasteiger partial charge in [0, 0.05) is 22.6 Å². The zero-order valence-corrected chi connectivity index (χ0v) is 12.2. The normalized spacial score (nSPS) is 21.7. The first-order valence-corrected chi connectivity index (χ1v) is 7.33. The van der Waals surface area contributed by atoms with Crippen molar-refractivity contribution in [2.75, 3.05) is 0 Å². The molecule has 1 aromatic carbocycles. The Balaban J connectivity index is 1.74. The van der Waals surface area contributed by atoms with E-state index in [1.54, 1.807) is 6.20 Å². The molecular formula is C17H14N4O2. The number of nitrogens with one attached hydrogen (secondary N) is 3. The molecule has 0 saturated carbocycles. The van der Waals surface area contributed by atoms with Crippen molar-refractivity contribution in [3.8, 4) is 0 Å². The zero-order valence-electron chi connectivity index (χ0n) is 12.2. The second kappa shape index (κ2) is 5.24. The SMILES string of the molecule is O=CNC1=C2NC(=O)C(=Cc3ccc4cn[nH]c4c3)C2CC=C1. The maximum Gasteiger partial charge on any atom is 0.252 e. The molecule has 1 aliphatic heterocycles.